The van der Waals surface area contributed by atoms with E-state index in [1.165, 1.54) is 11.8 Å². The van der Waals surface area contributed by atoms with Gasteiger partial charge in [-0.25, -0.2) is 0 Å². The van der Waals surface area contributed by atoms with Crippen molar-refractivity contribution in [1.82, 2.24) is 4.90 Å². The summed E-state index contributed by atoms with van der Waals surface area (Å²) in [6, 6.07) is 13.2. The van der Waals surface area contributed by atoms with E-state index in [4.69, 9.17) is 4.74 Å². The average Bonchev–Trinajstić information content (AvgIpc) is 2.59. The quantitative estimate of drug-likeness (QED) is 0.878. The van der Waals surface area contributed by atoms with Crippen molar-refractivity contribution in [3.05, 3.63) is 59.2 Å². The highest BCUT2D eigenvalue weighted by molar-refractivity contribution is 5.95. The Bertz CT molecular complexity index is 754. The maximum absolute atomic E-state index is 12.4. The lowest BCUT2D eigenvalue weighted by Crippen LogP contribution is -2.36. The second-order valence-corrected chi connectivity index (χ2v) is 6.02. The Kier molecular flexibility index (Phi) is 6.17. The molecule has 0 aromatic heterocycles. The number of nitrogens with one attached hydrogen (secondary N) is 1. The van der Waals surface area contributed by atoms with E-state index in [0.717, 1.165) is 28.1 Å². The second kappa shape index (κ2) is 8.33. The van der Waals surface area contributed by atoms with Gasteiger partial charge in [-0.1, -0.05) is 24.3 Å². The van der Waals surface area contributed by atoms with Crippen LogP contribution in [0.15, 0.2) is 42.5 Å². The molecule has 25 heavy (non-hydrogen) atoms. The van der Waals surface area contributed by atoms with E-state index in [9.17, 15) is 9.59 Å². The Morgan fingerprint density at radius 1 is 1.08 bits per heavy atom. The first-order valence-corrected chi connectivity index (χ1v) is 8.15. The van der Waals surface area contributed by atoms with Crippen molar-refractivity contribution >= 4 is 17.5 Å². The third kappa shape index (κ3) is 5.08. The summed E-state index contributed by atoms with van der Waals surface area (Å²) >= 11 is 0. The summed E-state index contributed by atoms with van der Waals surface area (Å²) in [7, 11) is 1.61. The number of ether oxygens (including phenoxy) is 1. The fourth-order valence-corrected chi connectivity index (χ4v) is 2.48. The number of benzene rings is 2. The maximum Gasteiger partial charge on any atom is 0.244 e. The Labute approximate surface area is 148 Å². The van der Waals surface area contributed by atoms with Crippen LogP contribution < -0.4 is 10.1 Å². The summed E-state index contributed by atoms with van der Waals surface area (Å²) in [6.45, 7) is 5.81. The van der Waals surface area contributed by atoms with Gasteiger partial charge in [0, 0.05) is 19.2 Å². The number of carbonyl (C=O) groups excluding carboxylic acids is 2. The molecule has 5 heteroatoms. The van der Waals surface area contributed by atoms with Crippen molar-refractivity contribution in [2.75, 3.05) is 19.0 Å². The van der Waals surface area contributed by atoms with Gasteiger partial charge in [-0.2, -0.15) is 0 Å². The highest BCUT2D eigenvalue weighted by Gasteiger charge is 2.15. The molecule has 132 valence electrons. The number of aryl methyl sites for hydroxylation is 1. The monoisotopic (exact) mass is 340 g/mol. The first-order chi connectivity index (χ1) is 11.9. The Morgan fingerprint density at radius 2 is 1.76 bits per heavy atom. The molecule has 0 spiro atoms. The topological polar surface area (TPSA) is 58.6 Å². The van der Waals surface area contributed by atoms with Crippen LogP contribution in [0.5, 0.6) is 5.75 Å². The van der Waals surface area contributed by atoms with Crippen molar-refractivity contribution in [3.63, 3.8) is 0 Å². The van der Waals surface area contributed by atoms with Crippen LogP contribution in [-0.2, 0) is 16.1 Å². The zero-order valence-corrected chi connectivity index (χ0v) is 15.1. The van der Waals surface area contributed by atoms with Crippen molar-refractivity contribution in [1.29, 1.82) is 0 Å². The molecule has 0 fully saturated rings. The molecule has 2 amide bonds. The second-order valence-electron chi connectivity index (χ2n) is 6.02. The molecule has 5 nitrogen and oxygen atoms in total. The number of anilines is 1. The van der Waals surface area contributed by atoms with Crippen LogP contribution >= 0.6 is 0 Å². The minimum absolute atomic E-state index is 0.00868. The molecule has 1 N–H and O–H groups in total. The summed E-state index contributed by atoms with van der Waals surface area (Å²) in [4.78, 5) is 25.8. The first kappa shape index (κ1) is 18.5. The molecule has 0 heterocycles. The molecule has 0 aliphatic heterocycles. The molecular weight excluding hydrogens is 316 g/mol. The van der Waals surface area contributed by atoms with Gasteiger partial charge < -0.3 is 15.0 Å². The largest absolute Gasteiger partial charge is 0.497 e. The van der Waals surface area contributed by atoms with Gasteiger partial charge in [0.25, 0.3) is 0 Å². The van der Waals surface area contributed by atoms with E-state index < -0.39 is 0 Å². The number of hydrogen-bond donors (Lipinski definition) is 1. The summed E-state index contributed by atoms with van der Waals surface area (Å²) in [5.74, 6) is 0.398. The van der Waals surface area contributed by atoms with Crippen LogP contribution in [0.4, 0.5) is 5.69 Å². The summed E-state index contributed by atoms with van der Waals surface area (Å²) in [6.07, 6.45) is 0. The minimum atomic E-state index is -0.211. The number of hydrogen-bond acceptors (Lipinski definition) is 3. The van der Waals surface area contributed by atoms with Gasteiger partial charge in [0.05, 0.1) is 7.11 Å². The van der Waals surface area contributed by atoms with Gasteiger partial charge in [-0.3, -0.25) is 9.59 Å². The molecular formula is C20H24N2O3. The van der Waals surface area contributed by atoms with E-state index in [0.29, 0.717) is 6.54 Å². The van der Waals surface area contributed by atoms with Gasteiger partial charge in [0.1, 0.15) is 12.3 Å². The molecule has 0 radical (unpaired) electrons. The maximum atomic E-state index is 12.4. The van der Waals surface area contributed by atoms with E-state index in [1.54, 1.807) is 7.11 Å². The van der Waals surface area contributed by atoms with Gasteiger partial charge in [-0.15, -0.1) is 0 Å². The van der Waals surface area contributed by atoms with Crippen LogP contribution in [0.2, 0.25) is 0 Å². The van der Waals surface area contributed by atoms with Gasteiger partial charge in [0.2, 0.25) is 11.8 Å². The molecule has 2 aromatic carbocycles. The smallest absolute Gasteiger partial charge is 0.244 e. The highest BCUT2D eigenvalue weighted by atomic mass is 16.5. The standard InChI is InChI=1S/C20H24N2O3/c1-14-6-5-7-19(15(14)2)21-20(24)13-22(16(3)23)12-17-8-10-18(25-4)11-9-17/h5-11H,12-13H2,1-4H3,(H,21,24). The molecule has 0 aliphatic rings. The third-order valence-corrected chi connectivity index (χ3v) is 4.19. The summed E-state index contributed by atoms with van der Waals surface area (Å²) < 4.78 is 5.13. The summed E-state index contributed by atoms with van der Waals surface area (Å²) in [5, 5.41) is 2.89. The molecule has 0 saturated heterocycles. The third-order valence-electron chi connectivity index (χ3n) is 4.19. The lowest BCUT2D eigenvalue weighted by Gasteiger charge is -2.21. The molecule has 0 atom stereocenters. The molecule has 2 aromatic rings. The van der Waals surface area contributed by atoms with Gasteiger partial charge >= 0.3 is 0 Å². The Balaban J connectivity index is 2.03. The molecule has 2 rings (SSSR count). The van der Waals surface area contributed by atoms with Crippen LogP contribution in [-0.4, -0.2) is 30.4 Å². The van der Waals surface area contributed by atoms with E-state index in [-0.39, 0.29) is 18.4 Å². The average molecular weight is 340 g/mol. The lowest BCUT2D eigenvalue weighted by atomic mass is 10.1. The SMILES string of the molecule is COc1ccc(CN(CC(=O)Nc2cccc(C)c2C)C(C)=O)cc1. The normalized spacial score (nSPS) is 10.2. The molecule has 0 unspecified atom stereocenters. The highest BCUT2D eigenvalue weighted by Crippen LogP contribution is 2.18. The van der Waals surface area contributed by atoms with Gasteiger partial charge in [0.15, 0.2) is 0 Å². The number of carbonyl (C=O) groups is 2. The van der Waals surface area contributed by atoms with E-state index in [1.807, 2.05) is 56.3 Å². The van der Waals surface area contributed by atoms with Crippen LogP contribution in [0, 0.1) is 13.8 Å². The predicted molar refractivity (Wildman–Crippen MR) is 98.6 cm³/mol. The van der Waals surface area contributed by atoms with Crippen molar-refractivity contribution in [2.45, 2.75) is 27.3 Å². The minimum Gasteiger partial charge on any atom is -0.497 e. The van der Waals surface area contributed by atoms with Crippen molar-refractivity contribution < 1.29 is 14.3 Å². The first-order valence-electron chi connectivity index (χ1n) is 8.15. The van der Waals surface area contributed by atoms with Gasteiger partial charge in [-0.05, 0) is 48.7 Å². The lowest BCUT2D eigenvalue weighted by molar-refractivity contribution is -0.133. The fourth-order valence-electron chi connectivity index (χ4n) is 2.48. The van der Waals surface area contributed by atoms with Crippen LogP contribution in [0.25, 0.3) is 0 Å². The number of rotatable bonds is 6. The number of amides is 2. The van der Waals surface area contributed by atoms with Crippen LogP contribution in [0.3, 0.4) is 0 Å². The van der Waals surface area contributed by atoms with Crippen molar-refractivity contribution in [2.24, 2.45) is 0 Å². The molecule has 0 saturated carbocycles. The van der Waals surface area contributed by atoms with E-state index >= 15 is 0 Å². The van der Waals surface area contributed by atoms with E-state index in [2.05, 4.69) is 5.32 Å². The van der Waals surface area contributed by atoms with Crippen LogP contribution in [0.1, 0.15) is 23.6 Å². The van der Waals surface area contributed by atoms with Crippen molar-refractivity contribution in [3.8, 4) is 5.75 Å². The Morgan fingerprint density at radius 3 is 2.36 bits per heavy atom. The zero-order valence-electron chi connectivity index (χ0n) is 15.1. The predicted octanol–water partition coefficient (Wildman–Crippen LogP) is 3.30. The Hall–Kier alpha value is -2.82. The summed E-state index contributed by atoms with van der Waals surface area (Å²) in [5.41, 5.74) is 3.85. The number of methoxy groups -OCH3 is 1. The zero-order chi connectivity index (χ0) is 18.4. The molecule has 0 bridgehead atoms. The number of nitrogens with zero attached hydrogens (tertiary/aromatic N) is 1. The fraction of sp³-hybridized carbons (Fsp3) is 0.300. The molecule has 0 aliphatic carbocycles.